The molecular weight excluding hydrogens is 172 g/mol. The van der Waals surface area contributed by atoms with Crippen molar-refractivity contribution in [1.82, 2.24) is 0 Å². The quantitative estimate of drug-likeness (QED) is 0.736. The summed E-state index contributed by atoms with van der Waals surface area (Å²) in [6.07, 6.45) is 5.13. The van der Waals surface area contributed by atoms with Crippen molar-refractivity contribution < 1.29 is 5.11 Å². The third kappa shape index (κ3) is 3.27. The minimum absolute atomic E-state index is 0.0506. The average Bonchev–Trinajstić information content (AvgIpc) is 2.10. The summed E-state index contributed by atoms with van der Waals surface area (Å²) in [5.41, 5.74) is 0. The van der Waals surface area contributed by atoms with E-state index in [1.807, 2.05) is 0 Å². The van der Waals surface area contributed by atoms with Gasteiger partial charge in [0.15, 0.2) is 0 Å². The Balaban J connectivity index is 2.34. The van der Waals surface area contributed by atoms with Crippen LogP contribution in [0.15, 0.2) is 0 Å². The largest absolute Gasteiger partial charge is 0.393 e. The SMILES string of the molecule is CC(C)CCC1CC(C)C(O)C(C)C1. The first-order chi connectivity index (χ1) is 6.50. The van der Waals surface area contributed by atoms with Crippen molar-refractivity contribution in [3.63, 3.8) is 0 Å². The van der Waals surface area contributed by atoms with Crippen molar-refractivity contribution in [3.05, 3.63) is 0 Å². The Labute approximate surface area is 88.9 Å². The topological polar surface area (TPSA) is 20.2 Å². The number of hydrogen-bond acceptors (Lipinski definition) is 1. The van der Waals surface area contributed by atoms with Crippen molar-refractivity contribution in [2.75, 3.05) is 0 Å². The molecule has 1 nitrogen and oxygen atoms in total. The van der Waals surface area contributed by atoms with Crippen molar-refractivity contribution in [1.29, 1.82) is 0 Å². The number of rotatable bonds is 3. The van der Waals surface area contributed by atoms with Crippen molar-refractivity contribution in [2.24, 2.45) is 23.7 Å². The van der Waals surface area contributed by atoms with Gasteiger partial charge in [0.1, 0.15) is 0 Å². The van der Waals surface area contributed by atoms with Gasteiger partial charge in [0, 0.05) is 0 Å². The maximum atomic E-state index is 9.84. The lowest BCUT2D eigenvalue weighted by molar-refractivity contribution is 0.00884. The second-order valence-electron chi connectivity index (χ2n) is 5.75. The Bertz CT molecular complexity index is 153. The van der Waals surface area contributed by atoms with Crippen LogP contribution in [0.25, 0.3) is 0 Å². The smallest absolute Gasteiger partial charge is 0.0591 e. The van der Waals surface area contributed by atoms with Crippen LogP contribution < -0.4 is 0 Å². The van der Waals surface area contributed by atoms with Gasteiger partial charge in [0.2, 0.25) is 0 Å². The Morgan fingerprint density at radius 1 is 1.14 bits per heavy atom. The summed E-state index contributed by atoms with van der Waals surface area (Å²) in [6.45, 7) is 8.99. The van der Waals surface area contributed by atoms with E-state index in [1.54, 1.807) is 0 Å². The van der Waals surface area contributed by atoms with Crippen LogP contribution >= 0.6 is 0 Å². The van der Waals surface area contributed by atoms with Gasteiger partial charge in [0.05, 0.1) is 6.10 Å². The molecule has 1 saturated carbocycles. The summed E-state index contributed by atoms with van der Waals surface area (Å²) in [7, 11) is 0. The molecule has 0 aliphatic heterocycles. The van der Waals surface area contributed by atoms with Crippen molar-refractivity contribution in [2.45, 2.75) is 59.5 Å². The van der Waals surface area contributed by atoms with Crippen LogP contribution in [0.5, 0.6) is 0 Å². The first-order valence-corrected chi connectivity index (χ1v) is 6.18. The molecule has 0 amide bonds. The molecule has 0 aromatic carbocycles. The molecule has 0 radical (unpaired) electrons. The van der Waals surface area contributed by atoms with Crippen molar-refractivity contribution >= 4 is 0 Å². The molecule has 84 valence electrons. The highest BCUT2D eigenvalue weighted by atomic mass is 16.3. The van der Waals surface area contributed by atoms with E-state index in [-0.39, 0.29) is 6.10 Å². The predicted molar refractivity (Wildman–Crippen MR) is 61.1 cm³/mol. The molecular formula is C13H26O. The number of aliphatic hydroxyl groups excluding tert-OH is 1. The molecule has 0 aromatic rings. The zero-order chi connectivity index (χ0) is 10.7. The van der Waals surface area contributed by atoms with Crippen molar-refractivity contribution in [3.8, 4) is 0 Å². The Morgan fingerprint density at radius 2 is 1.64 bits per heavy atom. The molecule has 2 unspecified atom stereocenters. The van der Waals surface area contributed by atoms with Crippen LogP contribution in [-0.2, 0) is 0 Å². The van der Waals surface area contributed by atoms with Gasteiger partial charge in [0.25, 0.3) is 0 Å². The number of hydrogen-bond donors (Lipinski definition) is 1. The highest BCUT2D eigenvalue weighted by Gasteiger charge is 2.31. The van der Waals surface area contributed by atoms with Gasteiger partial charge in [-0.25, -0.2) is 0 Å². The van der Waals surface area contributed by atoms with E-state index in [0.29, 0.717) is 11.8 Å². The van der Waals surface area contributed by atoms with E-state index < -0.39 is 0 Å². The van der Waals surface area contributed by atoms with Crippen LogP contribution in [0.4, 0.5) is 0 Å². The van der Waals surface area contributed by atoms with Gasteiger partial charge < -0.3 is 5.11 Å². The third-order valence-corrected chi connectivity index (χ3v) is 3.73. The molecule has 1 aliphatic carbocycles. The standard InChI is InChI=1S/C13H26O/c1-9(2)5-6-12-7-10(3)13(14)11(4)8-12/h9-14H,5-8H2,1-4H3. The van der Waals surface area contributed by atoms with Crippen LogP contribution in [0.3, 0.4) is 0 Å². The molecule has 0 bridgehead atoms. The minimum atomic E-state index is -0.0506. The summed E-state index contributed by atoms with van der Waals surface area (Å²) in [5.74, 6) is 2.71. The highest BCUT2D eigenvalue weighted by Crippen LogP contribution is 2.36. The van der Waals surface area contributed by atoms with E-state index in [4.69, 9.17) is 0 Å². The van der Waals surface area contributed by atoms with E-state index in [1.165, 1.54) is 25.7 Å². The number of aliphatic hydroxyl groups is 1. The van der Waals surface area contributed by atoms with Gasteiger partial charge >= 0.3 is 0 Å². The average molecular weight is 198 g/mol. The van der Waals surface area contributed by atoms with Crippen LogP contribution in [0.1, 0.15) is 53.4 Å². The zero-order valence-electron chi connectivity index (χ0n) is 10.2. The summed E-state index contributed by atoms with van der Waals surface area (Å²) >= 11 is 0. The van der Waals surface area contributed by atoms with Crippen LogP contribution in [0, 0.1) is 23.7 Å². The summed E-state index contributed by atoms with van der Waals surface area (Å²) in [5, 5.41) is 9.84. The lowest BCUT2D eigenvalue weighted by atomic mass is 9.73. The van der Waals surface area contributed by atoms with E-state index in [0.717, 1.165) is 11.8 Å². The van der Waals surface area contributed by atoms with Crippen LogP contribution in [-0.4, -0.2) is 11.2 Å². The van der Waals surface area contributed by atoms with Gasteiger partial charge in [-0.15, -0.1) is 0 Å². The fourth-order valence-electron chi connectivity index (χ4n) is 2.79. The van der Waals surface area contributed by atoms with E-state index in [2.05, 4.69) is 27.7 Å². The molecule has 2 atom stereocenters. The summed E-state index contributed by atoms with van der Waals surface area (Å²) in [6, 6.07) is 0. The second kappa shape index (κ2) is 5.16. The zero-order valence-corrected chi connectivity index (χ0v) is 10.2. The highest BCUT2D eigenvalue weighted by molar-refractivity contribution is 4.81. The molecule has 1 rings (SSSR count). The first-order valence-electron chi connectivity index (χ1n) is 6.18. The Kier molecular flexibility index (Phi) is 4.43. The minimum Gasteiger partial charge on any atom is -0.393 e. The maximum absolute atomic E-state index is 9.84. The fourth-order valence-corrected chi connectivity index (χ4v) is 2.79. The second-order valence-corrected chi connectivity index (χ2v) is 5.75. The Hall–Kier alpha value is -0.0400. The monoisotopic (exact) mass is 198 g/mol. The van der Waals surface area contributed by atoms with Gasteiger partial charge in [-0.05, 0) is 36.5 Å². The molecule has 0 spiro atoms. The van der Waals surface area contributed by atoms with Crippen LogP contribution in [0.2, 0.25) is 0 Å². The molecule has 1 fully saturated rings. The van der Waals surface area contributed by atoms with E-state index in [9.17, 15) is 5.11 Å². The molecule has 0 heterocycles. The third-order valence-electron chi connectivity index (χ3n) is 3.73. The van der Waals surface area contributed by atoms with Gasteiger partial charge in [-0.1, -0.05) is 40.5 Å². The van der Waals surface area contributed by atoms with E-state index >= 15 is 0 Å². The van der Waals surface area contributed by atoms with Gasteiger partial charge in [-0.2, -0.15) is 0 Å². The molecule has 1 heteroatoms. The molecule has 0 aromatic heterocycles. The molecule has 1 N–H and O–H groups in total. The maximum Gasteiger partial charge on any atom is 0.0591 e. The molecule has 14 heavy (non-hydrogen) atoms. The summed E-state index contributed by atoms with van der Waals surface area (Å²) in [4.78, 5) is 0. The molecule has 1 aliphatic rings. The first kappa shape index (κ1) is 12.0. The van der Waals surface area contributed by atoms with Gasteiger partial charge in [-0.3, -0.25) is 0 Å². The molecule has 0 saturated heterocycles. The Morgan fingerprint density at radius 3 is 2.07 bits per heavy atom. The predicted octanol–water partition coefficient (Wildman–Crippen LogP) is 3.47. The lowest BCUT2D eigenvalue weighted by Crippen LogP contribution is -2.34. The fraction of sp³-hybridized carbons (Fsp3) is 1.00. The lowest BCUT2D eigenvalue weighted by Gasteiger charge is -2.36. The normalized spacial score (nSPS) is 39.0. The summed E-state index contributed by atoms with van der Waals surface area (Å²) < 4.78 is 0.